The van der Waals surface area contributed by atoms with Gasteiger partial charge < -0.3 is 8.83 Å². The standard InChI is InChI=1S/C18H15N3O2S/c1-11-5-3-6-13-12(2)9-16(19-17(11)13)24-10-15-20-21-18(23-15)14-7-4-8-22-14/h3-9H,10H2,1-2H3. The van der Waals surface area contributed by atoms with E-state index < -0.39 is 0 Å². The molecule has 0 unspecified atom stereocenters. The van der Waals surface area contributed by atoms with Crippen LogP contribution in [-0.2, 0) is 5.75 Å². The van der Waals surface area contributed by atoms with Crippen LogP contribution in [0.4, 0.5) is 0 Å². The second-order valence-electron chi connectivity index (χ2n) is 5.52. The molecular formula is C18H15N3O2S. The predicted molar refractivity (Wildman–Crippen MR) is 92.8 cm³/mol. The minimum Gasteiger partial charge on any atom is -0.459 e. The first-order chi connectivity index (χ1) is 11.7. The third-order valence-electron chi connectivity index (χ3n) is 3.77. The average molecular weight is 337 g/mol. The maximum atomic E-state index is 5.63. The fourth-order valence-corrected chi connectivity index (χ4v) is 3.36. The molecule has 0 radical (unpaired) electrons. The summed E-state index contributed by atoms with van der Waals surface area (Å²) >= 11 is 1.58. The summed E-state index contributed by atoms with van der Waals surface area (Å²) in [5.74, 6) is 2.09. The molecule has 1 aromatic carbocycles. The van der Waals surface area contributed by atoms with Crippen molar-refractivity contribution in [1.29, 1.82) is 0 Å². The maximum Gasteiger partial charge on any atom is 0.283 e. The highest BCUT2D eigenvalue weighted by atomic mass is 32.2. The summed E-state index contributed by atoms with van der Waals surface area (Å²) < 4.78 is 10.9. The first kappa shape index (κ1) is 15.0. The van der Waals surface area contributed by atoms with E-state index in [1.165, 1.54) is 16.5 Å². The molecule has 0 atom stereocenters. The van der Waals surface area contributed by atoms with Gasteiger partial charge >= 0.3 is 0 Å². The van der Waals surface area contributed by atoms with Gasteiger partial charge in [-0.25, -0.2) is 4.98 Å². The molecule has 3 heterocycles. The Morgan fingerprint density at radius 1 is 1.04 bits per heavy atom. The molecule has 0 spiro atoms. The van der Waals surface area contributed by atoms with Crippen LogP contribution in [0.3, 0.4) is 0 Å². The lowest BCUT2D eigenvalue weighted by Gasteiger charge is -2.07. The van der Waals surface area contributed by atoms with E-state index in [4.69, 9.17) is 13.8 Å². The molecule has 6 heteroatoms. The van der Waals surface area contributed by atoms with Gasteiger partial charge in [-0.2, -0.15) is 0 Å². The van der Waals surface area contributed by atoms with Crippen molar-refractivity contribution in [3.05, 3.63) is 59.7 Å². The Bertz CT molecular complexity index is 993. The highest BCUT2D eigenvalue weighted by Crippen LogP contribution is 2.28. The molecule has 0 saturated heterocycles. The fraction of sp³-hybridized carbons (Fsp3) is 0.167. The van der Waals surface area contributed by atoms with Crippen LogP contribution in [0.25, 0.3) is 22.6 Å². The number of furan rings is 1. The minimum absolute atomic E-state index is 0.397. The Kier molecular flexibility index (Phi) is 3.82. The normalized spacial score (nSPS) is 11.2. The quantitative estimate of drug-likeness (QED) is 0.499. The molecule has 0 aliphatic rings. The van der Waals surface area contributed by atoms with Gasteiger partial charge in [0.1, 0.15) is 0 Å². The number of aromatic nitrogens is 3. The Balaban J connectivity index is 1.56. The van der Waals surface area contributed by atoms with Crippen LogP contribution >= 0.6 is 11.8 Å². The number of hydrogen-bond donors (Lipinski definition) is 0. The van der Waals surface area contributed by atoms with E-state index in [0.29, 0.717) is 23.3 Å². The molecule has 120 valence electrons. The number of aryl methyl sites for hydroxylation is 2. The summed E-state index contributed by atoms with van der Waals surface area (Å²) in [5.41, 5.74) is 3.44. The summed E-state index contributed by atoms with van der Waals surface area (Å²) in [4.78, 5) is 4.76. The van der Waals surface area contributed by atoms with Gasteiger partial charge in [0, 0.05) is 5.39 Å². The predicted octanol–water partition coefficient (Wildman–Crippen LogP) is 4.79. The van der Waals surface area contributed by atoms with E-state index in [0.717, 1.165) is 10.5 Å². The van der Waals surface area contributed by atoms with Crippen molar-refractivity contribution >= 4 is 22.7 Å². The zero-order valence-corrected chi connectivity index (χ0v) is 14.1. The second-order valence-corrected chi connectivity index (χ2v) is 6.51. The van der Waals surface area contributed by atoms with Gasteiger partial charge in [0.25, 0.3) is 5.89 Å². The van der Waals surface area contributed by atoms with Crippen LogP contribution in [0.2, 0.25) is 0 Å². The third kappa shape index (κ3) is 2.80. The first-order valence-electron chi connectivity index (χ1n) is 7.57. The largest absolute Gasteiger partial charge is 0.459 e. The van der Waals surface area contributed by atoms with Gasteiger partial charge in [-0.15, -0.1) is 10.2 Å². The van der Waals surface area contributed by atoms with Gasteiger partial charge in [-0.05, 0) is 43.2 Å². The van der Waals surface area contributed by atoms with Gasteiger partial charge in [0.2, 0.25) is 5.89 Å². The van der Waals surface area contributed by atoms with Crippen molar-refractivity contribution in [1.82, 2.24) is 15.2 Å². The molecule has 0 saturated carbocycles. The van der Waals surface area contributed by atoms with Gasteiger partial charge in [-0.1, -0.05) is 30.0 Å². The highest BCUT2D eigenvalue weighted by molar-refractivity contribution is 7.98. The first-order valence-corrected chi connectivity index (χ1v) is 8.55. The fourth-order valence-electron chi connectivity index (χ4n) is 2.55. The molecule has 3 aromatic heterocycles. The lowest BCUT2D eigenvalue weighted by atomic mass is 10.1. The van der Waals surface area contributed by atoms with Gasteiger partial charge in [-0.3, -0.25) is 0 Å². The van der Waals surface area contributed by atoms with E-state index >= 15 is 0 Å². The Labute approximate surface area is 143 Å². The lowest BCUT2D eigenvalue weighted by molar-refractivity contribution is 0.494. The number of rotatable bonds is 4. The molecule has 0 bridgehead atoms. The van der Waals surface area contributed by atoms with E-state index in [-0.39, 0.29) is 0 Å². The number of para-hydroxylation sites is 1. The lowest BCUT2D eigenvalue weighted by Crippen LogP contribution is -1.90. The number of nitrogens with zero attached hydrogens (tertiary/aromatic N) is 3. The van der Waals surface area contributed by atoms with Crippen LogP contribution in [-0.4, -0.2) is 15.2 Å². The number of thioether (sulfide) groups is 1. The molecule has 4 aromatic rings. The Hall–Kier alpha value is -2.60. The molecule has 0 amide bonds. The van der Waals surface area contributed by atoms with Crippen molar-refractivity contribution in [2.45, 2.75) is 24.6 Å². The number of hydrogen-bond acceptors (Lipinski definition) is 6. The molecule has 0 fully saturated rings. The summed E-state index contributed by atoms with van der Waals surface area (Å²) in [5, 5.41) is 10.2. The average Bonchev–Trinajstić information content (AvgIpc) is 3.25. The second kappa shape index (κ2) is 6.13. The van der Waals surface area contributed by atoms with Crippen molar-refractivity contribution in [2.75, 3.05) is 0 Å². The number of fused-ring (bicyclic) bond motifs is 1. The van der Waals surface area contributed by atoms with E-state index in [1.54, 1.807) is 30.2 Å². The molecular weight excluding hydrogens is 322 g/mol. The van der Waals surface area contributed by atoms with Crippen LogP contribution in [0.15, 0.2) is 56.5 Å². The van der Waals surface area contributed by atoms with E-state index in [2.05, 4.69) is 48.3 Å². The highest BCUT2D eigenvalue weighted by Gasteiger charge is 2.12. The SMILES string of the molecule is Cc1cc(SCc2nnc(-c3ccco3)o2)nc2c(C)cccc12. The topological polar surface area (TPSA) is 65.0 Å². The third-order valence-corrected chi connectivity index (χ3v) is 4.66. The summed E-state index contributed by atoms with van der Waals surface area (Å²) in [6, 6.07) is 11.9. The monoisotopic (exact) mass is 337 g/mol. The molecule has 24 heavy (non-hydrogen) atoms. The minimum atomic E-state index is 0.397. The zero-order chi connectivity index (χ0) is 16.5. The van der Waals surface area contributed by atoms with E-state index in [1.807, 2.05) is 0 Å². The Morgan fingerprint density at radius 3 is 2.79 bits per heavy atom. The number of benzene rings is 1. The molecule has 0 aliphatic carbocycles. The van der Waals surface area contributed by atoms with Gasteiger partial charge in [0.15, 0.2) is 5.76 Å². The van der Waals surface area contributed by atoms with Crippen molar-refractivity contribution in [2.24, 2.45) is 0 Å². The van der Waals surface area contributed by atoms with Crippen LogP contribution in [0, 0.1) is 13.8 Å². The summed E-state index contributed by atoms with van der Waals surface area (Å²) in [7, 11) is 0. The summed E-state index contributed by atoms with van der Waals surface area (Å²) in [6.07, 6.45) is 1.58. The zero-order valence-electron chi connectivity index (χ0n) is 13.3. The van der Waals surface area contributed by atoms with Crippen LogP contribution < -0.4 is 0 Å². The Morgan fingerprint density at radius 2 is 1.96 bits per heavy atom. The van der Waals surface area contributed by atoms with Crippen LogP contribution in [0.5, 0.6) is 0 Å². The maximum absolute atomic E-state index is 5.63. The molecule has 5 nitrogen and oxygen atoms in total. The van der Waals surface area contributed by atoms with Crippen LogP contribution in [0.1, 0.15) is 17.0 Å². The smallest absolute Gasteiger partial charge is 0.283 e. The van der Waals surface area contributed by atoms with E-state index in [9.17, 15) is 0 Å². The summed E-state index contributed by atoms with van der Waals surface area (Å²) in [6.45, 7) is 4.19. The molecule has 0 N–H and O–H groups in total. The van der Waals surface area contributed by atoms with Crippen molar-refractivity contribution in [3.8, 4) is 11.7 Å². The van der Waals surface area contributed by atoms with Crippen molar-refractivity contribution < 1.29 is 8.83 Å². The number of pyridine rings is 1. The van der Waals surface area contributed by atoms with Gasteiger partial charge in [0.05, 0.1) is 22.6 Å². The molecule has 4 rings (SSSR count). The van der Waals surface area contributed by atoms with Crippen molar-refractivity contribution in [3.63, 3.8) is 0 Å². The molecule has 0 aliphatic heterocycles.